The number of fused-ring (bicyclic) bond motifs is 1. The number of carbonyl (C=O) groups is 2. The second-order valence-corrected chi connectivity index (χ2v) is 9.36. The van der Waals surface area contributed by atoms with Crippen molar-refractivity contribution in [2.75, 3.05) is 26.2 Å². The monoisotopic (exact) mass is 465 g/mol. The predicted molar refractivity (Wildman–Crippen MR) is 128 cm³/mol. The van der Waals surface area contributed by atoms with Crippen molar-refractivity contribution >= 4 is 34.4 Å². The van der Waals surface area contributed by atoms with Gasteiger partial charge >= 0.3 is 11.8 Å². The van der Waals surface area contributed by atoms with Crippen LogP contribution in [0.15, 0.2) is 48.5 Å². The van der Waals surface area contributed by atoms with Gasteiger partial charge in [-0.1, -0.05) is 41.9 Å². The molecule has 2 aliphatic rings. The molecule has 2 heterocycles. The number of benzene rings is 2. The van der Waals surface area contributed by atoms with Crippen molar-refractivity contribution in [1.82, 2.24) is 24.7 Å². The van der Waals surface area contributed by atoms with Crippen molar-refractivity contribution < 1.29 is 9.59 Å². The Balaban J connectivity index is 1.34. The van der Waals surface area contributed by atoms with Gasteiger partial charge < -0.3 is 14.8 Å². The molecule has 1 aliphatic carbocycles. The van der Waals surface area contributed by atoms with Crippen LogP contribution >= 0.6 is 11.6 Å². The molecule has 2 fully saturated rings. The van der Waals surface area contributed by atoms with Crippen LogP contribution in [0.3, 0.4) is 0 Å². The van der Waals surface area contributed by atoms with Gasteiger partial charge in [-0.15, -0.1) is 0 Å². The molecule has 2 aromatic carbocycles. The fraction of sp³-hybridized carbons (Fsp3) is 0.400. The van der Waals surface area contributed by atoms with Gasteiger partial charge in [0.1, 0.15) is 5.82 Å². The zero-order valence-electron chi connectivity index (χ0n) is 18.7. The van der Waals surface area contributed by atoms with E-state index in [4.69, 9.17) is 16.6 Å². The zero-order chi connectivity index (χ0) is 22.9. The Morgan fingerprint density at radius 1 is 1.09 bits per heavy atom. The van der Waals surface area contributed by atoms with Gasteiger partial charge in [-0.05, 0) is 43.5 Å². The minimum Gasteiger partial charge on any atom is -0.345 e. The number of hydrogen-bond acceptors (Lipinski definition) is 4. The summed E-state index contributed by atoms with van der Waals surface area (Å²) in [5, 5.41) is 3.46. The van der Waals surface area contributed by atoms with Crippen LogP contribution in [0.25, 0.3) is 11.0 Å². The van der Waals surface area contributed by atoms with Crippen LogP contribution in [0, 0.1) is 0 Å². The van der Waals surface area contributed by atoms with Crippen LogP contribution in [0.2, 0.25) is 5.02 Å². The molecule has 5 rings (SSSR count). The molecule has 1 N–H and O–H groups in total. The first-order valence-electron chi connectivity index (χ1n) is 11.5. The number of nitrogens with zero attached hydrogens (tertiary/aromatic N) is 4. The quantitative estimate of drug-likeness (QED) is 0.587. The standard InChI is InChI=1S/C25H28ClN5O2/c1-17(29-11-13-30(14-12-29)25(33)24(32)27-20-8-9-20)23-28-21-15-19(26)7-10-22(21)31(23)16-18-5-3-2-4-6-18/h2-7,10,15,17,20H,8-9,11-14,16H2,1H3,(H,27,32). The van der Waals surface area contributed by atoms with E-state index in [1.165, 1.54) is 5.56 Å². The van der Waals surface area contributed by atoms with Gasteiger partial charge in [-0.3, -0.25) is 14.5 Å². The number of carbonyl (C=O) groups excluding carboxylic acids is 2. The lowest BCUT2D eigenvalue weighted by Gasteiger charge is -2.37. The second-order valence-electron chi connectivity index (χ2n) is 8.93. The fourth-order valence-corrected chi connectivity index (χ4v) is 4.63. The average Bonchev–Trinajstić information content (AvgIpc) is 3.58. The lowest BCUT2D eigenvalue weighted by Crippen LogP contribution is -2.53. The highest BCUT2D eigenvalue weighted by molar-refractivity contribution is 6.35. The highest BCUT2D eigenvalue weighted by Crippen LogP contribution is 2.28. The molecule has 1 aliphatic heterocycles. The van der Waals surface area contributed by atoms with Gasteiger partial charge in [0, 0.05) is 43.8 Å². The SMILES string of the molecule is CC(c1nc2cc(Cl)ccc2n1Cc1ccccc1)N1CCN(C(=O)C(=O)NC2CC2)CC1. The maximum atomic E-state index is 12.5. The molecule has 1 saturated heterocycles. The second kappa shape index (κ2) is 9.15. The maximum Gasteiger partial charge on any atom is 0.311 e. The number of halogens is 1. The third-order valence-electron chi connectivity index (χ3n) is 6.55. The van der Waals surface area contributed by atoms with E-state index in [1.54, 1.807) is 4.90 Å². The summed E-state index contributed by atoms with van der Waals surface area (Å²) in [6, 6.07) is 16.4. The fourth-order valence-electron chi connectivity index (χ4n) is 4.47. The van der Waals surface area contributed by atoms with E-state index in [9.17, 15) is 9.59 Å². The third-order valence-corrected chi connectivity index (χ3v) is 6.79. The van der Waals surface area contributed by atoms with E-state index in [0.717, 1.165) is 36.2 Å². The number of nitrogens with one attached hydrogen (secondary N) is 1. The van der Waals surface area contributed by atoms with Gasteiger partial charge in [-0.2, -0.15) is 0 Å². The van der Waals surface area contributed by atoms with Crippen LogP contribution < -0.4 is 5.32 Å². The van der Waals surface area contributed by atoms with Crippen LogP contribution in [-0.2, 0) is 16.1 Å². The molecule has 0 bridgehead atoms. The van der Waals surface area contributed by atoms with Crippen molar-refractivity contribution in [3.63, 3.8) is 0 Å². The Kier molecular flexibility index (Phi) is 6.08. The van der Waals surface area contributed by atoms with Crippen molar-refractivity contribution in [3.8, 4) is 0 Å². The van der Waals surface area contributed by atoms with E-state index in [-0.39, 0.29) is 12.1 Å². The Morgan fingerprint density at radius 2 is 1.82 bits per heavy atom. The Morgan fingerprint density at radius 3 is 2.52 bits per heavy atom. The number of rotatable bonds is 5. The molecule has 1 atom stereocenters. The molecule has 3 aromatic rings. The molecule has 0 radical (unpaired) electrons. The largest absolute Gasteiger partial charge is 0.345 e. The van der Waals surface area contributed by atoms with E-state index in [0.29, 0.717) is 31.2 Å². The Hall–Kier alpha value is -2.90. The van der Waals surface area contributed by atoms with Gasteiger partial charge in [-0.25, -0.2) is 4.98 Å². The summed E-state index contributed by atoms with van der Waals surface area (Å²) in [5.74, 6) is 0.0862. The summed E-state index contributed by atoms with van der Waals surface area (Å²) in [5.41, 5.74) is 3.14. The van der Waals surface area contributed by atoms with Gasteiger partial charge in [0.05, 0.1) is 17.1 Å². The van der Waals surface area contributed by atoms with Crippen molar-refractivity contribution in [2.45, 2.75) is 38.4 Å². The molecule has 1 unspecified atom stereocenters. The van der Waals surface area contributed by atoms with Crippen LogP contribution in [-0.4, -0.2) is 63.4 Å². The highest BCUT2D eigenvalue weighted by atomic mass is 35.5. The summed E-state index contributed by atoms with van der Waals surface area (Å²) < 4.78 is 2.26. The Bertz CT molecular complexity index is 1170. The lowest BCUT2D eigenvalue weighted by atomic mass is 10.2. The number of imidazole rings is 1. The van der Waals surface area contributed by atoms with Gasteiger partial charge in [0.15, 0.2) is 0 Å². The van der Waals surface area contributed by atoms with Crippen LogP contribution in [0.1, 0.15) is 37.2 Å². The summed E-state index contributed by atoms with van der Waals surface area (Å²) in [4.78, 5) is 33.6. The smallest absolute Gasteiger partial charge is 0.311 e. The van der Waals surface area contributed by atoms with E-state index >= 15 is 0 Å². The number of piperazine rings is 1. The summed E-state index contributed by atoms with van der Waals surface area (Å²) in [6.07, 6.45) is 1.94. The molecule has 0 spiro atoms. The van der Waals surface area contributed by atoms with Crippen LogP contribution in [0.5, 0.6) is 0 Å². The van der Waals surface area contributed by atoms with Crippen LogP contribution in [0.4, 0.5) is 0 Å². The third kappa shape index (κ3) is 4.75. The molecule has 2 amide bonds. The normalized spacial score (nSPS) is 17.8. The summed E-state index contributed by atoms with van der Waals surface area (Å²) in [7, 11) is 0. The molecule has 172 valence electrons. The minimum absolute atomic E-state index is 0.0532. The summed E-state index contributed by atoms with van der Waals surface area (Å²) in [6.45, 7) is 5.33. The molecular formula is C25H28ClN5O2. The van der Waals surface area contributed by atoms with Crippen molar-refractivity contribution in [3.05, 3.63) is 64.9 Å². The number of amides is 2. The topological polar surface area (TPSA) is 70.5 Å². The molecular weight excluding hydrogens is 438 g/mol. The summed E-state index contributed by atoms with van der Waals surface area (Å²) >= 11 is 6.25. The van der Waals surface area contributed by atoms with Gasteiger partial charge in [0.2, 0.25) is 0 Å². The van der Waals surface area contributed by atoms with Crippen molar-refractivity contribution in [1.29, 1.82) is 0 Å². The van der Waals surface area contributed by atoms with E-state index in [1.807, 2.05) is 36.4 Å². The minimum atomic E-state index is -0.472. The molecule has 1 saturated carbocycles. The Labute approximate surface area is 198 Å². The molecule has 33 heavy (non-hydrogen) atoms. The first-order chi connectivity index (χ1) is 16.0. The van der Waals surface area contributed by atoms with E-state index in [2.05, 4.69) is 33.8 Å². The average molecular weight is 466 g/mol. The molecule has 8 heteroatoms. The van der Waals surface area contributed by atoms with Gasteiger partial charge in [0.25, 0.3) is 0 Å². The first-order valence-corrected chi connectivity index (χ1v) is 11.9. The van der Waals surface area contributed by atoms with E-state index < -0.39 is 11.8 Å². The number of aromatic nitrogens is 2. The lowest BCUT2D eigenvalue weighted by molar-refractivity contribution is -0.147. The number of hydrogen-bond donors (Lipinski definition) is 1. The first kappa shape index (κ1) is 21.9. The highest BCUT2D eigenvalue weighted by Gasteiger charge is 2.32. The van der Waals surface area contributed by atoms with Crippen molar-refractivity contribution in [2.24, 2.45) is 0 Å². The zero-order valence-corrected chi connectivity index (χ0v) is 19.5. The maximum absolute atomic E-state index is 12.5. The predicted octanol–water partition coefficient (Wildman–Crippen LogP) is 3.22. The molecule has 7 nitrogen and oxygen atoms in total. The molecule has 1 aromatic heterocycles.